The van der Waals surface area contributed by atoms with Gasteiger partial charge in [0.05, 0.1) is 14.2 Å². The van der Waals surface area contributed by atoms with Crippen molar-refractivity contribution in [2.75, 3.05) is 20.8 Å². The summed E-state index contributed by atoms with van der Waals surface area (Å²) in [5.74, 6) is -5.59. The Balaban J connectivity index is 2.32. The first-order chi connectivity index (χ1) is 16.2. The second-order valence-corrected chi connectivity index (χ2v) is 8.98. The van der Waals surface area contributed by atoms with Crippen molar-refractivity contribution in [3.05, 3.63) is 41.5 Å². The fourth-order valence-electron chi connectivity index (χ4n) is 3.30. The lowest BCUT2D eigenvalue weighted by molar-refractivity contribution is -0.186. The predicted molar refractivity (Wildman–Crippen MR) is 119 cm³/mol. The van der Waals surface area contributed by atoms with Gasteiger partial charge in [0.1, 0.15) is 18.0 Å². The number of hydrogen-bond donors (Lipinski definition) is 0. The summed E-state index contributed by atoms with van der Waals surface area (Å²) in [5.41, 5.74) is -1.16. The van der Waals surface area contributed by atoms with E-state index in [4.69, 9.17) is 14.2 Å². The number of benzene rings is 1. The number of carbonyl (C=O) groups is 2. The molecule has 1 aromatic carbocycles. The molecule has 2 rings (SSSR count). The summed E-state index contributed by atoms with van der Waals surface area (Å²) >= 11 is 0. The fourth-order valence-corrected chi connectivity index (χ4v) is 3.30. The molecule has 7 nitrogen and oxygen atoms in total. The molecule has 1 aromatic rings. The first-order valence-corrected chi connectivity index (χ1v) is 10.7. The third-order valence-electron chi connectivity index (χ3n) is 5.00. The number of hydrogen-bond acceptors (Lipinski definition) is 7. The van der Waals surface area contributed by atoms with Crippen LogP contribution in [0.4, 0.5) is 17.6 Å². The van der Waals surface area contributed by atoms with Gasteiger partial charge in [-0.15, -0.1) is 0 Å². The normalized spacial score (nSPS) is 18.6. The minimum absolute atomic E-state index is 0.0408. The molecule has 11 heteroatoms. The zero-order valence-electron chi connectivity index (χ0n) is 20.1. The molecule has 0 amide bonds. The molecule has 2 atom stereocenters. The van der Waals surface area contributed by atoms with E-state index < -0.39 is 48.1 Å². The van der Waals surface area contributed by atoms with Crippen LogP contribution in [0.1, 0.15) is 31.9 Å². The lowest BCUT2D eigenvalue weighted by Gasteiger charge is -2.28. The van der Waals surface area contributed by atoms with Crippen LogP contribution in [-0.4, -0.2) is 68.6 Å². The number of alkyl halides is 4. The van der Waals surface area contributed by atoms with E-state index in [0.29, 0.717) is 16.9 Å². The Morgan fingerprint density at radius 3 is 2.34 bits per heavy atom. The Morgan fingerprint density at radius 2 is 1.83 bits per heavy atom. The molecule has 0 radical (unpaired) electrons. The van der Waals surface area contributed by atoms with Gasteiger partial charge in [0.25, 0.3) is 0 Å². The lowest BCUT2D eigenvalue weighted by atomic mass is 9.89. The van der Waals surface area contributed by atoms with Crippen molar-refractivity contribution in [1.82, 2.24) is 0 Å². The van der Waals surface area contributed by atoms with Crippen LogP contribution >= 0.6 is 0 Å². The van der Waals surface area contributed by atoms with Gasteiger partial charge in [-0.3, -0.25) is 4.99 Å². The van der Waals surface area contributed by atoms with Gasteiger partial charge in [0, 0.05) is 19.1 Å². The van der Waals surface area contributed by atoms with Crippen molar-refractivity contribution < 1.29 is 46.1 Å². The molecule has 0 bridgehead atoms. The van der Waals surface area contributed by atoms with Gasteiger partial charge < -0.3 is 18.9 Å². The summed E-state index contributed by atoms with van der Waals surface area (Å²) in [7, 11) is 2.46. The van der Waals surface area contributed by atoms with E-state index >= 15 is 0 Å². The number of carbonyl (C=O) groups excluding carboxylic acids is 2. The molecule has 2 unspecified atom stereocenters. The lowest BCUT2D eigenvalue weighted by Crippen LogP contribution is -2.41. The monoisotopic (exact) mass is 503 g/mol. The van der Waals surface area contributed by atoms with Crippen molar-refractivity contribution in [3.8, 4) is 5.75 Å². The number of esters is 2. The van der Waals surface area contributed by atoms with Gasteiger partial charge >= 0.3 is 24.3 Å². The number of halogens is 4. The van der Waals surface area contributed by atoms with Crippen LogP contribution in [0.3, 0.4) is 0 Å². The molecule has 0 saturated heterocycles. The zero-order valence-corrected chi connectivity index (χ0v) is 20.1. The fraction of sp³-hybridized carbons (Fsp3) is 0.542. The van der Waals surface area contributed by atoms with Gasteiger partial charge in [-0.25, -0.2) is 18.4 Å². The summed E-state index contributed by atoms with van der Waals surface area (Å²) in [6.07, 6.45) is -1.03. The quantitative estimate of drug-likeness (QED) is 0.336. The molecule has 0 saturated carbocycles. The van der Waals surface area contributed by atoms with Gasteiger partial charge in [-0.2, -0.15) is 8.78 Å². The number of ether oxygens (including phenoxy) is 4. The van der Waals surface area contributed by atoms with Crippen LogP contribution < -0.4 is 4.74 Å². The Morgan fingerprint density at radius 1 is 1.14 bits per heavy atom. The number of aliphatic imine (C=N–C) groups is 1. The molecule has 0 spiro atoms. The van der Waals surface area contributed by atoms with Gasteiger partial charge in [0.15, 0.2) is 11.6 Å². The molecule has 1 aliphatic heterocycles. The molecular weight excluding hydrogens is 474 g/mol. The summed E-state index contributed by atoms with van der Waals surface area (Å²) in [5, 5.41) is 0. The van der Waals surface area contributed by atoms with E-state index in [1.807, 2.05) is 0 Å². The van der Waals surface area contributed by atoms with Crippen LogP contribution in [0, 0.1) is 0 Å². The van der Waals surface area contributed by atoms with E-state index in [0.717, 1.165) is 7.11 Å². The van der Waals surface area contributed by atoms with Crippen molar-refractivity contribution >= 4 is 18.2 Å². The van der Waals surface area contributed by atoms with E-state index in [1.54, 1.807) is 51.1 Å². The van der Waals surface area contributed by atoms with Crippen LogP contribution in [0.2, 0.25) is 0 Å². The number of allylic oxidation sites excluding steroid dienone is 1. The SMILES string of the molecule is COC(=O)C(Cc1ccc(OC)c(CC2(C(=O)OC(C)(C)C)C=CC=N2)c1)OCC(F)(F)C(F)F. The highest BCUT2D eigenvalue weighted by atomic mass is 19.3. The maximum absolute atomic E-state index is 13.3. The van der Waals surface area contributed by atoms with Gasteiger partial charge in [-0.05, 0) is 50.1 Å². The highest BCUT2D eigenvalue weighted by molar-refractivity contribution is 5.91. The number of rotatable bonds is 11. The summed E-state index contributed by atoms with van der Waals surface area (Å²) in [6.45, 7) is 3.53. The molecule has 0 N–H and O–H groups in total. The Bertz CT molecular complexity index is 959. The van der Waals surface area contributed by atoms with Crippen molar-refractivity contribution in [2.24, 2.45) is 4.99 Å². The second-order valence-electron chi connectivity index (χ2n) is 8.98. The summed E-state index contributed by atoms with van der Waals surface area (Å²) in [4.78, 5) is 29.3. The molecule has 1 aliphatic rings. The van der Waals surface area contributed by atoms with Crippen molar-refractivity contribution in [2.45, 2.75) is 63.2 Å². The molecule has 194 valence electrons. The van der Waals surface area contributed by atoms with Crippen LogP contribution in [0.5, 0.6) is 5.75 Å². The second kappa shape index (κ2) is 11.2. The molecule has 0 aromatic heterocycles. The third kappa shape index (κ3) is 7.51. The molecule has 0 aliphatic carbocycles. The first kappa shape index (κ1) is 28.3. The highest BCUT2D eigenvalue weighted by Crippen LogP contribution is 2.32. The minimum atomic E-state index is -4.43. The maximum Gasteiger partial charge on any atom is 0.338 e. The molecular formula is C24H29F4NO6. The van der Waals surface area contributed by atoms with Gasteiger partial charge in [-0.1, -0.05) is 12.1 Å². The molecule has 1 heterocycles. The maximum atomic E-state index is 13.3. The zero-order chi connectivity index (χ0) is 26.4. The van der Waals surface area contributed by atoms with E-state index in [1.165, 1.54) is 13.3 Å². The Labute approximate surface area is 201 Å². The predicted octanol–water partition coefficient (Wildman–Crippen LogP) is 3.96. The van der Waals surface area contributed by atoms with Gasteiger partial charge in [0.2, 0.25) is 0 Å². The van der Waals surface area contributed by atoms with E-state index in [9.17, 15) is 27.2 Å². The average Bonchev–Trinajstić information content (AvgIpc) is 3.25. The van der Waals surface area contributed by atoms with Crippen molar-refractivity contribution in [3.63, 3.8) is 0 Å². The standard InChI is InChI=1S/C24H29F4NO6/c1-22(2,3)35-21(31)23(9-6-10-29-23)13-16-11-15(7-8-17(16)32-4)12-18(19(30)33-5)34-14-24(27,28)20(25)26/h6-11,18,20H,12-14H2,1-5H3. The smallest absolute Gasteiger partial charge is 0.338 e. The Hall–Kier alpha value is -2.95. The van der Waals surface area contributed by atoms with Crippen LogP contribution in [0.25, 0.3) is 0 Å². The highest BCUT2D eigenvalue weighted by Gasteiger charge is 2.43. The number of methoxy groups -OCH3 is 2. The minimum Gasteiger partial charge on any atom is -0.496 e. The van der Waals surface area contributed by atoms with Crippen LogP contribution in [0.15, 0.2) is 35.3 Å². The average molecular weight is 503 g/mol. The summed E-state index contributed by atoms with van der Waals surface area (Å²) in [6, 6.07) is 4.72. The topological polar surface area (TPSA) is 83.4 Å². The largest absolute Gasteiger partial charge is 0.496 e. The van der Waals surface area contributed by atoms with Crippen molar-refractivity contribution in [1.29, 1.82) is 0 Å². The third-order valence-corrected chi connectivity index (χ3v) is 5.00. The first-order valence-electron chi connectivity index (χ1n) is 10.7. The number of nitrogens with zero attached hydrogens (tertiary/aromatic N) is 1. The van der Waals surface area contributed by atoms with E-state index in [-0.39, 0.29) is 12.8 Å². The Kier molecular flexibility index (Phi) is 9.05. The molecule has 35 heavy (non-hydrogen) atoms. The van der Waals surface area contributed by atoms with Crippen LogP contribution in [-0.2, 0) is 36.6 Å². The van der Waals surface area contributed by atoms with E-state index in [2.05, 4.69) is 9.73 Å². The summed E-state index contributed by atoms with van der Waals surface area (Å²) < 4.78 is 72.0. The molecule has 0 fully saturated rings.